The molecule has 4 rings (SSSR count). The van der Waals surface area contributed by atoms with Gasteiger partial charge in [-0.1, -0.05) is 55.5 Å². The van der Waals surface area contributed by atoms with E-state index >= 15 is 0 Å². The fourth-order valence-electron chi connectivity index (χ4n) is 4.85. The first-order valence-electron chi connectivity index (χ1n) is 12.8. The van der Waals surface area contributed by atoms with Gasteiger partial charge in [0.25, 0.3) is 5.91 Å². The Labute approximate surface area is 226 Å². The Morgan fingerprint density at radius 1 is 1.00 bits per heavy atom. The van der Waals surface area contributed by atoms with Crippen molar-refractivity contribution in [3.63, 3.8) is 0 Å². The van der Waals surface area contributed by atoms with Crippen molar-refractivity contribution in [3.05, 3.63) is 106 Å². The van der Waals surface area contributed by atoms with Crippen LogP contribution in [-0.4, -0.2) is 49.0 Å². The number of fused-ring (bicyclic) bond motifs is 1. The van der Waals surface area contributed by atoms with Crippen molar-refractivity contribution in [2.75, 3.05) is 12.3 Å². The molecule has 4 N–H and O–H groups in total. The molecule has 0 bridgehead atoms. The van der Waals surface area contributed by atoms with E-state index in [4.69, 9.17) is 0 Å². The van der Waals surface area contributed by atoms with Crippen LogP contribution in [0, 0.1) is 11.6 Å². The third kappa shape index (κ3) is 7.48. The van der Waals surface area contributed by atoms with Crippen LogP contribution < -0.4 is 10.6 Å². The summed E-state index contributed by atoms with van der Waals surface area (Å²) in [5.74, 6) is -2.61. The maximum absolute atomic E-state index is 13.9. The number of hydrogen-bond donors (Lipinski definition) is 4. The molecule has 0 spiro atoms. The van der Waals surface area contributed by atoms with Gasteiger partial charge in [0, 0.05) is 18.7 Å². The molecule has 3 aromatic rings. The fourth-order valence-corrected chi connectivity index (χ4v) is 6.51. The first kappa shape index (κ1) is 28.8. The maximum atomic E-state index is 13.9. The third-order valence-corrected chi connectivity index (χ3v) is 8.49. The molecule has 7 nitrogen and oxygen atoms in total. The number of carbonyl (C=O) groups is 1. The van der Waals surface area contributed by atoms with Crippen LogP contribution in [0.5, 0.6) is 0 Å². The van der Waals surface area contributed by atoms with Crippen LogP contribution in [-0.2, 0) is 33.2 Å². The van der Waals surface area contributed by atoms with Gasteiger partial charge in [-0.2, -0.15) is 0 Å². The summed E-state index contributed by atoms with van der Waals surface area (Å²) in [6.07, 6.45) is -2.17. The Balaban J connectivity index is 1.54. The highest BCUT2D eigenvalue weighted by atomic mass is 32.2. The van der Waals surface area contributed by atoms with E-state index in [0.29, 0.717) is 11.1 Å². The molecular formula is C29H32F2N2O5S. The first-order chi connectivity index (χ1) is 18.5. The van der Waals surface area contributed by atoms with E-state index < -0.39 is 51.7 Å². The van der Waals surface area contributed by atoms with Crippen molar-refractivity contribution >= 4 is 15.7 Å². The predicted octanol–water partition coefficient (Wildman–Crippen LogP) is 2.91. The predicted molar refractivity (Wildman–Crippen MR) is 143 cm³/mol. The molecule has 0 saturated heterocycles. The molecule has 1 aliphatic rings. The average molecular weight is 559 g/mol. The van der Waals surface area contributed by atoms with Gasteiger partial charge in [-0.05, 0) is 52.8 Å². The van der Waals surface area contributed by atoms with Crippen LogP contribution in [0.1, 0.15) is 46.9 Å². The maximum Gasteiger partial charge on any atom is 0.253 e. The summed E-state index contributed by atoms with van der Waals surface area (Å²) in [5.41, 5.74) is 3.12. The lowest BCUT2D eigenvalue weighted by Gasteiger charge is -2.30. The number of nitrogens with one attached hydrogen (secondary N) is 2. The molecular weight excluding hydrogens is 526 g/mol. The van der Waals surface area contributed by atoms with Crippen LogP contribution >= 0.6 is 0 Å². The number of amides is 1. The molecule has 0 fully saturated rings. The van der Waals surface area contributed by atoms with E-state index in [-0.39, 0.29) is 30.0 Å². The Kier molecular flexibility index (Phi) is 9.12. The van der Waals surface area contributed by atoms with Crippen molar-refractivity contribution in [2.45, 2.75) is 49.8 Å². The molecule has 1 unspecified atom stereocenters. The number of sulfone groups is 1. The molecule has 0 aliphatic carbocycles. The van der Waals surface area contributed by atoms with Gasteiger partial charge < -0.3 is 20.8 Å². The van der Waals surface area contributed by atoms with E-state index in [2.05, 4.69) is 10.6 Å². The molecule has 0 aromatic heterocycles. The Morgan fingerprint density at radius 2 is 1.69 bits per heavy atom. The number of rotatable bonds is 10. The zero-order valence-corrected chi connectivity index (χ0v) is 22.3. The molecule has 3 aromatic carbocycles. The molecule has 10 heteroatoms. The molecule has 0 radical (unpaired) electrons. The molecule has 4 atom stereocenters. The minimum Gasteiger partial charge on any atom is -0.390 e. The largest absolute Gasteiger partial charge is 0.390 e. The van der Waals surface area contributed by atoms with Crippen LogP contribution in [0.3, 0.4) is 0 Å². The summed E-state index contributed by atoms with van der Waals surface area (Å²) in [6, 6.07) is 15.2. The molecule has 0 saturated carbocycles. The van der Waals surface area contributed by atoms with Crippen LogP contribution in [0.2, 0.25) is 0 Å². The highest BCUT2D eigenvalue weighted by Gasteiger charge is 2.32. The van der Waals surface area contributed by atoms with E-state index in [9.17, 15) is 32.2 Å². The lowest BCUT2D eigenvalue weighted by atomic mass is 9.96. The van der Waals surface area contributed by atoms with Crippen molar-refractivity contribution in [1.29, 1.82) is 0 Å². The van der Waals surface area contributed by atoms with Gasteiger partial charge in [-0.3, -0.25) is 4.79 Å². The smallest absolute Gasteiger partial charge is 0.253 e. The Morgan fingerprint density at radius 3 is 2.36 bits per heavy atom. The number of hydrogen-bond acceptors (Lipinski definition) is 6. The first-order valence-corrected chi connectivity index (χ1v) is 14.6. The van der Waals surface area contributed by atoms with Gasteiger partial charge in [0.05, 0.1) is 23.7 Å². The van der Waals surface area contributed by atoms with Gasteiger partial charge in [0.15, 0.2) is 15.9 Å². The lowest BCUT2D eigenvalue weighted by molar-refractivity contribution is -0.131. The van der Waals surface area contributed by atoms with Crippen molar-refractivity contribution < 1.29 is 32.2 Å². The van der Waals surface area contributed by atoms with Gasteiger partial charge in [0.1, 0.15) is 11.6 Å². The number of benzene rings is 3. The topological polar surface area (TPSA) is 116 Å². The summed E-state index contributed by atoms with van der Waals surface area (Å²) >= 11 is 0. The van der Waals surface area contributed by atoms with E-state index in [1.165, 1.54) is 0 Å². The lowest BCUT2D eigenvalue weighted by Crippen LogP contribution is -2.51. The molecule has 208 valence electrons. The van der Waals surface area contributed by atoms with Gasteiger partial charge in [0.2, 0.25) is 0 Å². The van der Waals surface area contributed by atoms with E-state index in [1.807, 2.05) is 25.1 Å². The van der Waals surface area contributed by atoms with Crippen molar-refractivity contribution in [3.8, 4) is 0 Å². The zero-order valence-electron chi connectivity index (χ0n) is 21.5. The minimum absolute atomic E-state index is 0.0613. The van der Waals surface area contributed by atoms with E-state index in [0.717, 1.165) is 35.7 Å². The standard InChI is InChI=1S/C29H32F2N2O5S/c1-2-18-8-9-21-16-39(37,38)17-26(24(21)12-18)32-15-27(34)25(13-19-10-22(30)14-23(31)11-19)33-29(36)28(35)20-6-4-3-5-7-20/h3-12,14,25-28,32,34-35H,2,13,15-17H2,1H3,(H,33,36)/t25-,26-,27+,28?/m0/s1. The summed E-state index contributed by atoms with van der Waals surface area (Å²) < 4.78 is 52.8. The monoisotopic (exact) mass is 558 g/mol. The minimum atomic E-state index is -3.38. The zero-order chi connectivity index (χ0) is 28.2. The fraction of sp³-hybridized carbons (Fsp3) is 0.345. The summed E-state index contributed by atoms with van der Waals surface area (Å²) in [6.45, 7) is 1.88. The second-order valence-corrected chi connectivity index (χ2v) is 12.0. The quantitative estimate of drug-likeness (QED) is 0.304. The number of aryl methyl sites for hydroxylation is 1. The Hall–Kier alpha value is -3.18. The second kappa shape index (κ2) is 12.3. The highest BCUT2D eigenvalue weighted by Crippen LogP contribution is 2.29. The van der Waals surface area contributed by atoms with Crippen molar-refractivity contribution in [2.24, 2.45) is 0 Å². The highest BCUT2D eigenvalue weighted by molar-refractivity contribution is 7.90. The number of aliphatic hydroxyl groups excluding tert-OH is 2. The van der Waals surface area contributed by atoms with E-state index in [1.54, 1.807) is 30.3 Å². The van der Waals surface area contributed by atoms with Gasteiger partial charge in [-0.25, -0.2) is 17.2 Å². The second-order valence-electron chi connectivity index (χ2n) is 9.88. The third-order valence-electron chi connectivity index (χ3n) is 6.90. The summed E-state index contributed by atoms with van der Waals surface area (Å²) in [4.78, 5) is 12.9. The van der Waals surface area contributed by atoms with Crippen LogP contribution in [0.25, 0.3) is 0 Å². The number of aliphatic hydroxyl groups is 2. The van der Waals surface area contributed by atoms with Gasteiger partial charge >= 0.3 is 0 Å². The van der Waals surface area contributed by atoms with Crippen LogP contribution in [0.15, 0.2) is 66.7 Å². The normalized spacial score (nSPS) is 18.5. The Bertz CT molecular complexity index is 1400. The molecule has 1 aliphatic heterocycles. The summed E-state index contributed by atoms with van der Waals surface area (Å²) in [5, 5.41) is 27.4. The van der Waals surface area contributed by atoms with Gasteiger partial charge in [-0.15, -0.1) is 0 Å². The SMILES string of the molecule is CCc1ccc2c(c1)[C@@H](NC[C@@H](O)[C@H](Cc1cc(F)cc(F)c1)NC(=O)C(O)c1ccccc1)CS(=O)(=O)C2. The number of halogens is 2. The molecule has 1 amide bonds. The number of carbonyl (C=O) groups excluding carboxylic acids is 1. The van der Waals surface area contributed by atoms with Crippen LogP contribution in [0.4, 0.5) is 8.78 Å². The average Bonchev–Trinajstić information content (AvgIpc) is 2.89. The summed E-state index contributed by atoms with van der Waals surface area (Å²) in [7, 11) is -3.38. The molecule has 39 heavy (non-hydrogen) atoms. The van der Waals surface area contributed by atoms with Crippen molar-refractivity contribution in [1.82, 2.24) is 10.6 Å². The molecule has 1 heterocycles.